The summed E-state index contributed by atoms with van der Waals surface area (Å²) in [6.45, 7) is 0. The number of benzene rings is 2. The molecule has 1 atom stereocenters. The molecule has 1 fully saturated rings. The molecule has 1 aliphatic carbocycles. The number of nitrogens with one attached hydrogen (secondary N) is 1. The second kappa shape index (κ2) is 9.04. The summed E-state index contributed by atoms with van der Waals surface area (Å²) in [5.74, 6) is -6.07. The third-order valence-electron chi connectivity index (χ3n) is 4.88. The fourth-order valence-electron chi connectivity index (χ4n) is 3.27. The van der Waals surface area contributed by atoms with Gasteiger partial charge in [0, 0.05) is 33.5 Å². The molecule has 0 radical (unpaired) electrons. The minimum absolute atomic E-state index is 0.0562. The fraction of sp³-hybridized carbons (Fsp3) is 0.350. The van der Waals surface area contributed by atoms with Gasteiger partial charge in [-0.15, -0.1) is 11.8 Å². The predicted octanol–water partition coefficient (Wildman–Crippen LogP) is 5.08. The van der Waals surface area contributed by atoms with Crippen LogP contribution in [0.25, 0.3) is 0 Å². The highest BCUT2D eigenvalue weighted by molar-refractivity contribution is 8.00. The Morgan fingerprint density at radius 2 is 1.62 bits per heavy atom. The van der Waals surface area contributed by atoms with Crippen LogP contribution < -0.4 is 5.32 Å². The van der Waals surface area contributed by atoms with Crippen molar-refractivity contribution in [3.8, 4) is 0 Å². The van der Waals surface area contributed by atoms with Crippen LogP contribution in [0.4, 0.5) is 23.2 Å². The average Bonchev–Trinajstić information content (AvgIpc) is 2.68. The van der Waals surface area contributed by atoms with E-state index in [2.05, 4.69) is 5.32 Å². The fourth-order valence-corrected chi connectivity index (χ4v) is 4.52. The number of hydrogen-bond donors (Lipinski definition) is 3. The first-order valence-corrected chi connectivity index (χ1v) is 9.90. The number of aliphatic carboxylic acids is 1. The number of rotatable bonds is 6. The van der Waals surface area contributed by atoms with Gasteiger partial charge in [0.05, 0.1) is 5.92 Å². The lowest BCUT2D eigenvalue weighted by atomic mass is 9.89. The van der Waals surface area contributed by atoms with Crippen LogP contribution in [-0.4, -0.2) is 21.4 Å². The highest BCUT2D eigenvalue weighted by Gasteiger charge is 2.27. The second-order valence-corrected chi connectivity index (χ2v) is 8.26. The molecule has 2 aromatic rings. The van der Waals surface area contributed by atoms with E-state index >= 15 is 0 Å². The number of aliphatic hydroxyl groups is 1. The molecule has 0 bridgehead atoms. The number of halogens is 4. The van der Waals surface area contributed by atoms with Crippen molar-refractivity contribution >= 4 is 23.4 Å². The summed E-state index contributed by atoms with van der Waals surface area (Å²) in [4.78, 5) is 11.3. The molecule has 0 spiro atoms. The molecular formula is C20H19F4NO3S. The van der Waals surface area contributed by atoms with Crippen molar-refractivity contribution < 1.29 is 32.6 Å². The first kappa shape index (κ1) is 21.4. The van der Waals surface area contributed by atoms with Gasteiger partial charge in [-0.1, -0.05) is 6.07 Å². The van der Waals surface area contributed by atoms with E-state index in [1.807, 2.05) is 0 Å². The van der Waals surface area contributed by atoms with Gasteiger partial charge in [0.1, 0.15) is 5.82 Å². The molecule has 29 heavy (non-hydrogen) atoms. The first-order valence-electron chi connectivity index (χ1n) is 9.02. The number of aliphatic hydroxyl groups excluding tert-OH is 1. The number of anilines is 1. The first-order chi connectivity index (χ1) is 13.7. The average molecular weight is 429 g/mol. The topological polar surface area (TPSA) is 69.6 Å². The molecule has 1 saturated carbocycles. The lowest BCUT2D eigenvalue weighted by Crippen LogP contribution is -2.22. The summed E-state index contributed by atoms with van der Waals surface area (Å²) < 4.78 is 53.9. The van der Waals surface area contributed by atoms with Crippen LogP contribution in [0.15, 0.2) is 35.2 Å². The molecular weight excluding hydrogens is 410 g/mol. The summed E-state index contributed by atoms with van der Waals surface area (Å²) in [5, 5.41) is 21.9. The lowest BCUT2D eigenvalue weighted by molar-refractivity contribution is -0.142. The zero-order valence-corrected chi connectivity index (χ0v) is 16.0. The van der Waals surface area contributed by atoms with Crippen molar-refractivity contribution in [3.63, 3.8) is 0 Å². The maximum absolute atomic E-state index is 14.2. The minimum atomic E-state index is -1.61. The number of carbonyl (C=O) groups is 1. The van der Waals surface area contributed by atoms with Crippen molar-refractivity contribution in [2.45, 2.75) is 42.1 Å². The molecule has 3 N–H and O–H groups in total. The van der Waals surface area contributed by atoms with Crippen LogP contribution >= 0.6 is 11.8 Å². The Morgan fingerprint density at radius 3 is 2.21 bits per heavy atom. The summed E-state index contributed by atoms with van der Waals surface area (Å²) in [6, 6.07) is 5.35. The van der Waals surface area contributed by atoms with E-state index in [1.165, 1.54) is 30.0 Å². The highest BCUT2D eigenvalue weighted by Crippen LogP contribution is 2.38. The van der Waals surface area contributed by atoms with Gasteiger partial charge in [-0.05, 0) is 37.8 Å². The van der Waals surface area contributed by atoms with Crippen LogP contribution in [0.2, 0.25) is 0 Å². The van der Waals surface area contributed by atoms with Gasteiger partial charge in [-0.25, -0.2) is 17.6 Å². The summed E-state index contributed by atoms with van der Waals surface area (Å²) >= 11 is 1.27. The van der Waals surface area contributed by atoms with Gasteiger partial charge < -0.3 is 15.5 Å². The van der Waals surface area contributed by atoms with E-state index in [1.54, 1.807) is 0 Å². The van der Waals surface area contributed by atoms with Gasteiger partial charge in [0.15, 0.2) is 23.7 Å². The van der Waals surface area contributed by atoms with E-state index in [4.69, 9.17) is 5.11 Å². The molecule has 156 valence electrons. The molecule has 1 aliphatic rings. The monoisotopic (exact) mass is 429 g/mol. The number of thioether (sulfide) groups is 1. The SMILES string of the molecule is O=C(O)C1CCC(Sc2cc(C(O)Nc3cc(F)c(F)c(F)c3)ccc2F)CC1. The largest absolute Gasteiger partial charge is 0.481 e. The van der Waals surface area contributed by atoms with E-state index in [0.717, 1.165) is 0 Å². The van der Waals surface area contributed by atoms with Crippen molar-refractivity contribution in [1.82, 2.24) is 0 Å². The smallest absolute Gasteiger partial charge is 0.306 e. The van der Waals surface area contributed by atoms with E-state index in [0.29, 0.717) is 42.7 Å². The molecule has 0 saturated heterocycles. The third-order valence-corrected chi connectivity index (χ3v) is 6.25. The number of hydrogen-bond acceptors (Lipinski definition) is 4. The Balaban J connectivity index is 1.69. The molecule has 3 rings (SSSR count). The van der Waals surface area contributed by atoms with Crippen molar-refractivity contribution in [2.24, 2.45) is 5.92 Å². The molecule has 0 aliphatic heterocycles. The normalized spacial score (nSPS) is 20.3. The van der Waals surface area contributed by atoms with Crippen LogP contribution in [0, 0.1) is 29.2 Å². The van der Waals surface area contributed by atoms with Crippen LogP contribution in [-0.2, 0) is 4.79 Å². The molecule has 1 unspecified atom stereocenters. The van der Waals surface area contributed by atoms with E-state index in [-0.39, 0.29) is 22.4 Å². The maximum atomic E-state index is 14.2. The van der Waals surface area contributed by atoms with Gasteiger partial charge in [0.2, 0.25) is 0 Å². The van der Waals surface area contributed by atoms with Crippen molar-refractivity contribution in [1.29, 1.82) is 0 Å². The van der Waals surface area contributed by atoms with Gasteiger partial charge in [-0.3, -0.25) is 4.79 Å². The quantitative estimate of drug-likeness (QED) is 0.339. The summed E-state index contributed by atoms with van der Waals surface area (Å²) in [5.41, 5.74) is 0.0951. The summed E-state index contributed by atoms with van der Waals surface area (Å²) in [7, 11) is 0. The van der Waals surface area contributed by atoms with Crippen molar-refractivity contribution in [2.75, 3.05) is 5.32 Å². The van der Waals surface area contributed by atoms with E-state index in [9.17, 15) is 27.5 Å². The van der Waals surface area contributed by atoms with Crippen LogP contribution in [0.3, 0.4) is 0 Å². The Labute approximate surface area is 168 Å². The Kier molecular flexibility index (Phi) is 6.69. The van der Waals surface area contributed by atoms with Crippen LogP contribution in [0.1, 0.15) is 37.5 Å². The second-order valence-electron chi connectivity index (χ2n) is 6.92. The Bertz CT molecular complexity index is 880. The number of carboxylic acid groups (broad SMARTS) is 1. The van der Waals surface area contributed by atoms with Gasteiger partial charge in [0.25, 0.3) is 0 Å². The van der Waals surface area contributed by atoms with Gasteiger partial charge >= 0.3 is 5.97 Å². The molecule has 0 amide bonds. The summed E-state index contributed by atoms with van der Waals surface area (Å²) in [6.07, 6.45) is 0.933. The number of carboxylic acids is 1. The predicted molar refractivity (Wildman–Crippen MR) is 101 cm³/mol. The van der Waals surface area contributed by atoms with Crippen LogP contribution in [0.5, 0.6) is 0 Å². The Hall–Kier alpha value is -2.26. The van der Waals surface area contributed by atoms with Crippen molar-refractivity contribution in [3.05, 3.63) is 59.2 Å². The molecule has 0 aromatic heterocycles. The lowest BCUT2D eigenvalue weighted by Gasteiger charge is -2.26. The molecule has 9 heteroatoms. The standard InChI is InChI=1S/C20H19F4NO3S/c21-14-6-3-11(19(26)25-12-8-15(22)18(24)16(23)9-12)7-17(14)29-13-4-1-10(2-5-13)20(27)28/h3,6-10,13,19,25-26H,1-2,4-5H2,(H,27,28). The van der Waals surface area contributed by atoms with E-state index < -0.39 is 35.5 Å². The maximum Gasteiger partial charge on any atom is 0.306 e. The molecule has 2 aromatic carbocycles. The minimum Gasteiger partial charge on any atom is -0.481 e. The highest BCUT2D eigenvalue weighted by atomic mass is 32.2. The zero-order chi connectivity index (χ0) is 21.1. The van der Waals surface area contributed by atoms with Gasteiger partial charge in [-0.2, -0.15) is 0 Å². The Morgan fingerprint density at radius 1 is 1.00 bits per heavy atom. The molecule has 4 nitrogen and oxygen atoms in total. The third kappa shape index (κ3) is 5.22. The zero-order valence-electron chi connectivity index (χ0n) is 15.2. The molecule has 0 heterocycles.